The molecule has 1 amide bonds. The zero-order chi connectivity index (χ0) is 14.5. The summed E-state index contributed by atoms with van der Waals surface area (Å²) < 4.78 is 0. The van der Waals surface area contributed by atoms with Gasteiger partial charge in [-0.2, -0.15) is 10.2 Å². The molecule has 2 aromatic rings. The van der Waals surface area contributed by atoms with Gasteiger partial charge in [-0.15, -0.1) is 0 Å². The molecule has 20 heavy (non-hydrogen) atoms. The summed E-state index contributed by atoms with van der Waals surface area (Å²) in [5.74, 6) is 0.461. The first-order valence-corrected chi connectivity index (χ1v) is 5.79. The van der Waals surface area contributed by atoms with Gasteiger partial charge in [0.25, 0.3) is 0 Å². The summed E-state index contributed by atoms with van der Waals surface area (Å²) in [6, 6.07) is 9.36. The Hall–Kier alpha value is -2.96. The van der Waals surface area contributed by atoms with Gasteiger partial charge in [0.15, 0.2) is 0 Å². The van der Waals surface area contributed by atoms with Crippen molar-refractivity contribution in [2.45, 2.75) is 6.92 Å². The van der Waals surface area contributed by atoms with Gasteiger partial charge < -0.3 is 16.2 Å². The van der Waals surface area contributed by atoms with Crippen LogP contribution < -0.4 is 11.1 Å². The number of anilines is 2. The summed E-state index contributed by atoms with van der Waals surface area (Å²) in [6.07, 6.45) is 0. The lowest BCUT2D eigenvalue weighted by atomic mass is 10.3. The fourth-order valence-electron chi connectivity index (χ4n) is 1.47. The van der Waals surface area contributed by atoms with E-state index in [0.29, 0.717) is 17.2 Å². The molecular formula is C13H13N5O2. The summed E-state index contributed by atoms with van der Waals surface area (Å²) >= 11 is 0. The van der Waals surface area contributed by atoms with Gasteiger partial charge in [-0.25, -0.2) is 4.98 Å². The van der Waals surface area contributed by atoms with Crippen LogP contribution in [0.25, 0.3) is 0 Å². The van der Waals surface area contributed by atoms with Gasteiger partial charge in [-0.05, 0) is 24.3 Å². The standard InChI is InChI=1S/C13H13N5O2/c1-8(19)15-13-7-10(6-12(14)16-13)18-17-9-2-4-11(20)5-3-9/h2-7,20H,1H3,(H3,14,15,16,19). The van der Waals surface area contributed by atoms with E-state index in [1.165, 1.54) is 25.1 Å². The molecule has 0 saturated carbocycles. The van der Waals surface area contributed by atoms with Crippen LogP contribution in [0.15, 0.2) is 46.6 Å². The number of azo groups is 1. The molecule has 2 rings (SSSR count). The van der Waals surface area contributed by atoms with E-state index in [-0.39, 0.29) is 17.5 Å². The summed E-state index contributed by atoms with van der Waals surface area (Å²) in [5, 5.41) is 19.7. The highest BCUT2D eigenvalue weighted by atomic mass is 16.3. The quantitative estimate of drug-likeness (QED) is 0.745. The molecule has 7 nitrogen and oxygen atoms in total. The van der Waals surface area contributed by atoms with Gasteiger partial charge >= 0.3 is 0 Å². The molecule has 102 valence electrons. The Morgan fingerprint density at radius 3 is 2.50 bits per heavy atom. The number of nitrogen functional groups attached to an aromatic ring is 1. The highest BCUT2D eigenvalue weighted by Gasteiger charge is 2.02. The number of benzene rings is 1. The average molecular weight is 271 g/mol. The van der Waals surface area contributed by atoms with Gasteiger partial charge in [0, 0.05) is 19.1 Å². The molecule has 0 aliphatic heterocycles. The van der Waals surface area contributed by atoms with Gasteiger partial charge in [-0.3, -0.25) is 4.79 Å². The Kier molecular flexibility index (Phi) is 3.90. The first-order valence-electron chi connectivity index (χ1n) is 5.79. The smallest absolute Gasteiger partial charge is 0.222 e. The number of carbonyl (C=O) groups excluding carboxylic acids is 1. The van der Waals surface area contributed by atoms with Crippen molar-refractivity contribution < 1.29 is 9.90 Å². The van der Waals surface area contributed by atoms with Crippen molar-refractivity contribution in [1.29, 1.82) is 0 Å². The van der Waals surface area contributed by atoms with Crippen molar-refractivity contribution >= 4 is 28.9 Å². The summed E-state index contributed by atoms with van der Waals surface area (Å²) in [5.41, 5.74) is 6.68. The molecule has 1 heterocycles. The predicted molar refractivity (Wildman–Crippen MR) is 75.2 cm³/mol. The van der Waals surface area contributed by atoms with E-state index < -0.39 is 0 Å². The maximum absolute atomic E-state index is 11.0. The van der Waals surface area contributed by atoms with Crippen molar-refractivity contribution in [3.8, 4) is 5.75 Å². The van der Waals surface area contributed by atoms with Crippen LogP contribution in [0.1, 0.15) is 6.92 Å². The van der Waals surface area contributed by atoms with Crippen molar-refractivity contribution in [3.05, 3.63) is 36.4 Å². The van der Waals surface area contributed by atoms with Crippen LogP contribution in [-0.4, -0.2) is 16.0 Å². The second-order valence-corrected chi connectivity index (χ2v) is 4.03. The third-order valence-electron chi connectivity index (χ3n) is 2.26. The lowest BCUT2D eigenvalue weighted by molar-refractivity contribution is -0.114. The zero-order valence-corrected chi connectivity index (χ0v) is 10.7. The Morgan fingerprint density at radius 1 is 1.20 bits per heavy atom. The first-order chi connectivity index (χ1) is 9.52. The minimum Gasteiger partial charge on any atom is -0.508 e. The molecule has 4 N–H and O–H groups in total. The van der Waals surface area contributed by atoms with Crippen molar-refractivity contribution in [3.63, 3.8) is 0 Å². The SMILES string of the molecule is CC(=O)Nc1cc(N=Nc2ccc(O)cc2)cc(N)n1. The number of pyridine rings is 1. The number of nitrogens with zero attached hydrogens (tertiary/aromatic N) is 3. The molecule has 0 aliphatic carbocycles. The maximum Gasteiger partial charge on any atom is 0.222 e. The number of hydrogen-bond acceptors (Lipinski definition) is 6. The van der Waals surface area contributed by atoms with Crippen LogP contribution in [0.4, 0.5) is 23.0 Å². The third kappa shape index (κ3) is 3.77. The van der Waals surface area contributed by atoms with Crippen LogP contribution in [-0.2, 0) is 4.79 Å². The molecule has 0 bridgehead atoms. The van der Waals surface area contributed by atoms with Crippen LogP contribution in [0.3, 0.4) is 0 Å². The number of hydrogen-bond donors (Lipinski definition) is 3. The van der Waals surface area contributed by atoms with Crippen LogP contribution in [0, 0.1) is 0 Å². The molecule has 1 aromatic heterocycles. The topological polar surface area (TPSA) is 113 Å². The third-order valence-corrected chi connectivity index (χ3v) is 2.26. The van der Waals surface area contributed by atoms with E-state index in [2.05, 4.69) is 20.5 Å². The number of nitrogens with two attached hydrogens (primary N) is 1. The average Bonchev–Trinajstić information content (AvgIpc) is 2.36. The molecule has 7 heteroatoms. The molecule has 0 unspecified atom stereocenters. The Bertz CT molecular complexity index is 652. The largest absolute Gasteiger partial charge is 0.508 e. The van der Waals surface area contributed by atoms with E-state index in [1.807, 2.05) is 0 Å². The van der Waals surface area contributed by atoms with Gasteiger partial charge in [0.05, 0.1) is 11.4 Å². The van der Waals surface area contributed by atoms with Crippen molar-refractivity contribution in [2.24, 2.45) is 10.2 Å². The molecule has 0 fully saturated rings. The maximum atomic E-state index is 11.0. The number of aromatic hydroxyl groups is 1. The van der Waals surface area contributed by atoms with E-state index in [4.69, 9.17) is 10.8 Å². The molecule has 0 radical (unpaired) electrons. The highest BCUT2D eigenvalue weighted by Crippen LogP contribution is 2.23. The van der Waals surface area contributed by atoms with Crippen LogP contribution in [0.2, 0.25) is 0 Å². The number of phenols is 1. The predicted octanol–water partition coefficient (Wildman–Crippen LogP) is 2.74. The number of rotatable bonds is 3. The van der Waals surface area contributed by atoms with Crippen LogP contribution >= 0.6 is 0 Å². The summed E-state index contributed by atoms with van der Waals surface area (Å²) in [6.45, 7) is 1.38. The second kappa shape index (κ2) is 5.79. The Morgan fingerprint density at radius 2 is 1.85 bits per heavy atom. The second-order valence-electron chi connectivity index (χ2n) is 4.03. The first kappa shape index (κ1) is 13.5. The van der Waals surface area contributed by atoms with E-state index >= 15 is 0 Å². The number of aromatic nitrogens is 1. The molecule has 0 spiro atoms. The lowest BCUT2D eigenvalue weighted by Crippen LogP contribution is -2.08. The number of amides is 1. The molecule has 0 saturated heterocycles. The number of phenolic OH excluding ortho intramolecular Hbond substituents is 1. The molecule has 1 aromatic carbocycles. The summed E-state index contributed by atoms with van der Waals surface area (Å²) in [4.78, 5) is 14.9. The fourth-order valence-corrected chi connectivity index (χ4v) is 1.47. The highest BCUT2D eigenvalue weighted by molar-refractivity contribution is 5.88. The molecular weight excluding hydrogens is 258 g/mol. The number of carbonyl (C=O) groups is 1. The monoisotopic (exact) mass is 271 g/mol. The van der Waals surface area contributed by atoms with Crippen molar-refractivity contribution in [1.82, 2.24) is 4.98 Å². The molecule has 0 aliphatic rings. The lowest BCUT2D eigenvalue weighted by Gasteiger charge is -2.03. The Balaban J connectivity index is 2.22. The van der Waals surface area contributed by atoms with Crippen molar-refractivity contribution in [2.75, 3.05) is 11.1 Å². The van der Waals surface area contributed by atoms with E-state index in [1.54, 1.807) is 18.2 Å². The minimum absolute atomic E-state index is 0.157. The normalized spacial score (nSPS) is 10.7. The minimum atomic E-state index is -0.246. The fraction of sp³-hybridized carbons (Fsp3) is 0.0769. The van der Waals surface area contributed by atoms with Gasteiger partial charge in [0.1, 0.15) is 17.4 Å². The Labute approximate surface area is 115 Å². The van der Waals surface area contributed by atoms with E-state index in [9.17, 15) is 4.79 Å². The van der Waals surface area contributed by atoms with Crippen LogP contribution in [0.5, 0.6) is 5.75 Å². The summed E-state index contributed by atoms with van der Waals surface area (Å²) in [7, 11) is 0. The van der Waals surface area contributed by atoms with Gasteiger partial charge in [-0.1, -0.05) is 0 Å². The molecule has 0 atom stereocenters. The van der Waals surface area contributed by atoms with E-state index in [0.717, 1.165) is 0 Å². The zero-order valence-electron chi connectivity index (χ0n) is 10.7. The number of nitrogens with one attached hydrogen (secondary N) is 1. The van der Waals surface area contributed by atoms with Gasteiger partial charge in [0.2, 0.25) is 5.91 Å².